The Morgan fingerprint density at radius 1 is 0.844 bits per heavy atom. The molecule has 0 N–H and O–H groups in total. The first-order valence-electron chi connectivity index (χ1n) is 17.0. The molecule has 0 aromatic heterocycles. The van der Waals surface area contributed by atoms with Crippen LogP contribution >= 0.6 is 0 Å². The molecule has 0 bridgehead atoms. The average Bonchev–Trinajstić information content (AvgIpc) is 3.33. The minimum absolute atomic E-state index is 0.0129. The molecule has 4 aromatic rings. The largest absolute Gasteiger partial charge is 0.274 e. The first kappa shape index (κ1) is 28.2. The van der Waals surface area contributed by atoms with E-state index < -0.39 is 0 Å². The lowest BCUT2D eigenvalue weighted by atomic mass is 9.76. The Bertz CT molecular complexity index is 2050. The molecule has 3 atom stereocenters. The van der Waals surface area contributed by atoms with Crippen LogP contribution in [0, 0.1) is 5.92 Å². The minimum Gasteiger partial charge on any atom is -0.274 e. The number of fused-ring (bicyclic) bond motifs is 6. The Balaban J connectivity index is 1.15. The van der Waals surface area contributed by atoms with E-state index in [9.17, 15) is 0 Å². The molecule has 0 spiro atoms. The van der Waals surface area contributed by atoms with Gasteiger partial charge in [0.2, 0.25) is 0 Å². The summed E-state index contributed by atoms with van der Waals surface area (Å²) in [7, 11) is 0. The number of aryl methyl sites for hydroxylation is 2. The summed E-state index contributed by atoms with van der Waals surface area (Å²) in [6.07, 6.45) is 14.8. The lowest BCUT2D eigenvalue weighted by Crippen LogP contribution is -2.34. The fourth-order valence-corrected chi connectivity index (χ4v) is 8.33. The van der Waals surface area contributed by atoms with Gasteiger partial charge in [0.1, 0.15) is 0 Å². The van der Waals surface area contributed by atoms with Gasteiger partial charge in [-0.3, -0.25) is 9.98 Å². The highest BCUT2D eigenvalue weighted by Crippen LogP contribution is 2.49. The maximum absolute atomic E-state index is 5.46. The highest BCUT2D eigenvalue weighted by atomic mass is 14.8. The summed E-state index contributed by atoms with van der Waals surface area (Å²) in [5, 5.41) is 2.30. The highest BCUT2D eigenvalue weighted by Gasteiger charge is 2.35. The van der Waals surface area contributed by atoms with Gasteiger partial charge in [-0.1, -0.05) is 125 Å². The summed E-state index contributed by atoms with van der Waals surface area (Å²) < 4.78 is 0. The molecule has 2 heteroatoms. The monoisotopic (exact) mass is 586 g/mol. The van der Waals surface area contributed by atoms with Crippen LogP contribution in [0.3, 0.4) is 0 Å². The number of hydrogen-bond acceptors (Lipinski definition) is 2. The Labute approximate surface area is 267 Å². The smallest absolute Gasteiger partial charge is 0.0923 e. The molecule has 0 amide bonds. The van der Waals surface area contributed by atoms with E-state index in [1.165, 1.54) is 61.0 Å². The molecule has 0 saturated carbocycles. The fraction of sp³-hybridized carbons (Fsp3) is 0.302. The quantitative estimate of drug-likeness (QED) is 0.223. The van der Waals surface area contributed by atoms with E-state index in [1.54, 1.807) is 0 Å². The minimum atomic E-state index is -0.0129. The van der Waals surface area contributed by atoms with Crippen molar-refractivity contribution >= 4 is 17.5 Å². The molecule has 2 aliphatic heterocycles. The molecule has 4 aliphatic rings. The predicted octanol–water partition coefficient (Wildman–Crippen LogP) is 9.10. The van der Waals surface area contributed by atoms with Gasteiger partial charge in [-0.15, -0.1) is 0 Å². The van der Waals surface area contributed by atoms with Crippen molar-refractivity contribution < 1.29 is 0 Å². The number of allylic oxidation sites excluding steroid dienone is 2. The Kier molecular flexibility index (Phi) is 6.86. The van der Waals surface area contributed by atoms with Gasteiger partial charge in [0.25, 0.3) is 0 Å². The van der Waals surface area contributed by atoms with E-state index in [0.717, 1.165) is 43.1 Å². The van der Waals surface area contributed by atoms with Crippen LogP contribution in [0.4, 0.5) is 5.69 Å². The topological polar surface area (TPSA) is 24.7 Å². The molecule has 8 rings (SSSR count). The predicted molar refractivity (Wildman–Crippen MR) is 188 cm³/mol. The van der Waals surface area contributed by atoms with Gasteiger partial charge in [0.05, 0.1) is 17.1 Å². The van der Waals surface area contributed by atoms with Crippen LogP contribution in [0.15, 0.2) is 113 Å². The molecule has 0 fully saturated rings. The van der Waals surface area contributed by atoms with Crippen LogP contribution in [0.1, 0.15) is 86.3 Å². The standard InChI is InChI=1S/C43H42N2/c1-5-27-11-7-8-12-33(27)34-21-17-31(25-28(34)6-2)39-23-19-29-15-16-30-20-24-40(45-42(30)41(29)44-39)32-18-22-36-35-13-9-10-14-37(35)43(3,4)38(36)26-32/h7-19,21-22,25-26,28,34,39H,5-6,20,23-24H2,1-4H3. The lowest BCUT2D eigenvalue weighted by molar-refractivity contribution is 0.545. The zero-order chi connectivity index (χ0) is 30.7. The van der Waals surface area contributed by atoms with Gasteiger partial charge in [0.15, 0.2) is 0 Å². The van der Waals surface area contributed by atoms with Crippen molar-refractivity contribution in [2.75, 3.05) is 0 Å². The van der Waals surface area contributed by atoms with E-state index in [-0.39, 0.29) is 11.5 Å². The SMILES string of the molecule is CCc1ccccc1C1C=CC(C2CC=c3ccc4c(c3=N2)N=C(c2ccc3c(c2)C(C)(C)c2ccccc2-3)CC4)=CC1CC. The zero-order valence-corrected chi connectivity index (χ0v) is 27.0. The normalized spacial score (nSPS) is 22.2. The van der Waals surface area contributed by atoms with E-state index in [4.69, 9.17) is 9.98 Å². The zero-order valence-electron chi connectivity index (χ0n) is 27.0. The number of rotatable bonds is 5. The molecular weight excluding hydrogens is 544 g/mol. The third-order valence-corrected chi connectivity index (χ3v) is 10.9. The second-order valence-electron chi connectivity index (χ2n) is 13.8. The highest BCUT2D eigenvalue weighted by molar-refractivity contribution is 6.04. The van der Waals surface area contributed by atoms with Crippen molar-refractivity contribution in [1.29, 1.82) is 0 Å². The van der Waals surface area contributed by atoms with Gasteiger partial charge >= 0.3 is 0 Å². The van der Waals surface area contributed by atoms with Crippen LogP contribution in [-0.4, -0.2) is 11.8 Å². The summed E-state index contributed by atoms with van der Waals surface area (Å²) in [5.41, 5.74) is 14.7. The average molecular weight is 587 g/mol. The van der Waals surface area contributed by atoms with Crippen molar-refractivity contribution in [3.05, 3.63) is 147 Å². The van der Waals surface area contributed by atoms with Crippen molar-refractivity contribution in [1.82, 2.24) is 0 Å². The van der Waals surface area contributed by atoms with Gasteiger partial charge in [-0.05, 0) is 99.4 Å². The molecule has 2 heterocycles. The lowest BCUT2D eigenvalue weighted by Gasteiger charge is -2.29. The van der Waals surface area contributed by atoms with Crippen LogP contribution in [0.25, 0.3) is 17.2 Å². The molecule has 0 radical (unpaired) electrons. The second-order valence-corrected chi connectivity index (χ2v) is 13.8. The van der Waals surface area contributed by atoms with Gasteiger partial charge in [0, 0.05) is 17.0 Å². The van der Waals surface area contributed by atoms with Crippen molar-refractivity contribution in [2.45, 2.75) is 77.2 Å². The van der Waals surface area contributed by atoms with Crippen LogP contribution in [-0.2, 0) is 18.3 Å². The number of benzene rings is 4. The maximum atomic E-state index is 5.46. The third-order valence-electron chi connectivity index (χ3n) is 10.9. The summed E-state index contributed by atoms with van der Waals surface area (Å²) in [4.78, 5) is 10.9. The second kappa shape index (κ2) is 10.9. The van der Waals surface area contributed by atoms with E-state index in [2.05, 4.69) is 131 Å². The molecule has 2 nitrogen and oxygen atoms in total. The molecule has 45 heavy (non-hydrogen) atoms. The molecular formula is C43H42N2. The Morgan fingerprint density at radius 3 is 2.53 bits per heavy atom. The van der Waals surface area contributed by atoms with Crippen LogP contribution < -0.4 is 10.6 Å². The van der Waals surface area contributed by atoms with Crippen molar-refractivity contribution in [2.24, 2.45) is 15.9 Å². The Hall–Kier alpha value is -4.30. The summed E-state index contributed by atoms with van der Waals surface area (Å²) in [5.74, 6) is 0.915. The van der Waals surface area contributed by atoms with Gasteiger partial charge in [-0.2, -0.15) is 0 Å². The van der Waals surface area contributed by atoms with Gasteiger partial charge < -0.3 is 0 Å². The molecule has 3 unspecified atom stereocenters. The van der Waals surface area contributed by atoms with Crippen molar-refractivity contribution in [3.8, 4) is 11.1 Å². The first-order valence-corrected chi connectivity index (χ1v) is 17.0. The fourth-order valence-electron chi connectivity index (χ4n) is 8.33. The molecule has 0 saturated heterocycles. The summed E-state index contributed by atoms with van der Waals surface area (Å²) in [6, 6.07) is 29.6. The number of hydrogen-bond donors (Lipinski definition) is 0. The van der Waals surface area contributed by atoms with E-state index in [0.29, 0.717) is 11.8 Å². The number of nitrogens with zero attached hydrogens (tertiary/aromatic N) is 2. The molecule has 2 aliphatic carbocycles. The van der Waals surface area contributed by atoms with Gasteiger partial charge in [-0.25, -0.2) is 0 Å². The molecule has 224 valence electrons. The molecule has 4 aromatic carbocycles. The van der Waals surface area contributed by atoms with Crippen LogP contribution in [0.5, 0.6) is 0 Å². The summed E-state index contributed by atoms with van der Waals surface area (Å²) >= 11 is 0. The summed E-state index contributed by atoms with van der Waals surface area (Å²) in [6.45, 7) is 9.30. The number of aliphatic imine (C=N–C) groups is 1. The van der Waals surface area contributed by atoms with Crippen LogP contribution in [0.2, 0.25) is 0 Å². The maximum Gasteiger partial charge on any atom is 0.0923 e. The van der Waals surface area contributed by atoms with E-state index in [1.807, 2.05) is 0 Å². The van der Waals surface area contributed by atoms with Crippen molar-refractivity contribution in [3.63, 3.8) is 0 Å². The van der Waals surface area contributed by atoms with E-state index >= 15 is 0 Å². The first-order chi connectivity index (χ1) is 22.0. The Morgan fingerprint density at radius 2 is 1.67 bits per heavy atom. The third kappa shape index (κ3) is 4.60.